The number of para-hydroxylation sites is 1. The van der Waals surface area contributed by atoms with Crippen LogP contribution in [-0.4, -0.2) is 28.6 Å². The van der Waals surface area contributed by atoms with E-state index in [0.29, 0.717) is 11.8 Å². The van der Waals surface area contributed by atoms with Crippen LogP contribution in [0, 0.1) is 12.8 Å². The maximum Gasteiger partial charge on any atom is 0.111 e. The van der Waals surface area contributed by atoms with Gasteiger partial charge < -0.3 is 9.30 Å². The van der Waals surface area contributed by atoms with Crippen molar-refractivity contribution in [2.45, 2.75) is 32.7 Å². The molecule has 1 aromatic carbocycles. The molecule has 1 fully saturated rings. The van der Waals surface area contributed by atoms with Crippen molar-refractivity contribution in [3.05, 3.63) is 29.6 Å². The minimum Gasteiger partial charge on any atom is -0.381 e. The number of aryl methyl sites for hydroxylation is 2. The summed E-state index contributed by atoms with van der Waals surface area (Å²) in [6.07, 6.45) is 3.12. The van der Waals surface area contributed by atoms with Crippen LogP contribution in [0.25, 0.3) is 11.0 Å². The second-order valence-electron chi connectivity index (χ2n) is 5.58. The van der Waals surface area contributed by atoms with Crippen molar-refractivity contribution < 1.29 is 4.74 Å². The smallest absolute Gasteiger partial charge is 0.111 e. The number of hydrogen-bond acceptors (Lipinski definition) is 2. The van der Waals surface area contributed by atoms with Gasteiger partial charge in [-0.1, -0.05) is 12.1 Å². The Kier molecular flexibility index (Phi) is 4.27. The van der Waals surface area contributed by atoms with Crippen LogP contribution in [-0.2, 0) is 17.7 Å². The average molecular weight is 293 g/mol. The van der Waals surface area contributed by atoms with Crippen molar-refractivity contribution in [3.8, 4) is 0 Å². The Hall–Kier alpha value is -1.06. The first-order chi connectivity index (χ1) is 9.79. The molecule has 3 nitrogen and oxygen atoms in total. The van der Waals surface area contributed by atoms with Gasteiger partial charge in [-0.15, -0.1) is 11.6 Å². The fourth-order valence-electron chi connectivity index (χ4n) is 3.07. The lowest BCUT2D eigenvalue weighted by Crippen LogP contribution is -2.21. The topological polar surface area (TPSA) is 27.1 Å². The number of halogens is 1. The molecule has 2 heterocycles. The zero-order chi connectivity index (χ0) is 13.9. The van der Waals surface area contributed by atoms with E-state index in [0.717, 1.165) is 50.4 Å². The Bertz CT molecular complexity index is 587. The monoisotopic (exact) mass is 292 g/mol. The van der Waals surface area contributed by atoms with Crippen LogP contribution in [0.15, 0.2) is 18.2 Å². The summed E-state index contributed by atoms with van der Waals surface area (Å²) in [4.78, 5) is 4.78. The largest absolute Gasteiger partial charge is 0.381 e. The number of benzene rings is 1. The van der Waals surface area contributed by atoms with Crippen LogP contribution in [0.4, 0.5) is 0 Å². The van der Waals surface area contributed by atoms with Gasteiger partial charge in [-0.05, 0) is 37.3 Å². The van der Waals surface area contributed by atoms with Gasteiger partial charge in [-0.2, -0.15) is 0 Å². The third-order valence-electron chi connectivity index (χ3n) is 4.15. The molecule has 2 aromatic rings. The molecule has 108 valence electrons. The Morgan fingerprint density at radius 1 is 1.35 bits per heavy atom. The number of ether oxygens (including phenoxy) is 1. The first-order valence-electron chi connectivity index (χ1n) is 7.38. The molecular weight excluding hydrogens is 272 g/mol. The van der Waals surface area contributed by atoms with E-state index in [1.54, 1.807) is 0 Å². The van der Waals surface area contributed by atoms with Gasteiger partial charge in [0, 0.05) is 32.1 Å². The van der Waals surface area contributed by atoms with E-state index in [1.807, 2.05) is 0 Å². The molecule has 0 amide bonds. The Morgan fingerprint density at radius 2 is 2.15 bits per heavy atom. The van der Waals surface area contributed by atoms with Gasteiger partial charge in [-0.25, -0.2) is 4.98 Å². The van der Waals surface area contributed by atoms with Gasteiger partial charge in [0.1, 0.15) is 5.82 Å². The molecule has 0 saturated carbocycles. The molecule has 0 bridgehead atoms. The third kappa shape index (κ3) is 2.70. The number of hydrogen-bond donors (Lipinski definition) is 0. The van der Waals surface area contributed by atoms with E-state index in [-0.39, 0.29) is 0 Å². The lowest BCUT2D eigenvalue weighted by atomic mass is 10.00. The van der Waals surface area contributed by atoms with Gasteiger partial charge in [0.15, 0.2) is 0 Å². The molecule has 0 aliphatic carbocycles. The summed E-state index contributed by atoms with van der Waals surface area (Å²) < 4.78 is 7.85. The van der Waals surface area contributed by atoms with E-state index in [9.17, 15) is 0 Å². The summed E-state index contributed by atoms with van der Waals surface area (Å²) in [6.45, 7) is 4.98. The van der Waals surface area contributed by atoms with Crippen LogP contribution in [0.5, 0.6) is 0 Å². The van der Waals surface area contributed by atoms with Crippen LogP contribution >= 0.6 is 11.6 Å². The molecule has 0 radical (unpaired) electrons. The van der Waals surface area contributed by atoms with Crippen LogP contribution < -0.4 is 0 Å². The van der Waals surface area contributed by atoms with Gasteiger partial charge in [0.25, 0.3) is 0 Å². The molecular formula is C16H21ClN2O. The van der Waals surface area contributed by atoms with Gasteiger partial charge in [0.2, 0.25) is 0 Å². The molecule has 1 saturated heterocycles. The molecule has 4 heteroatoms. The highest BCUT2D eigenvalue weighted by atomic mass is 35.5. The minimum absolute atomic E-state index is 0.621. The van der Waals surface area contributed by atoms with Gasteiger partial charge in [0.05, 0.1) is 11.0 Å². The lowest BCUT2D eigenvalue weighted by Gasteiger charge is -2.23. The highest BCUT2D eigenvalue weighted by Crippen LogP contribution is 2.25. The Morgan fingerprint density at radius 3 is 2.90 bits per heavy atom. The van der Waals surface area contributed by atoms with E-state index in [1.165, 1.54) is 11.1 Å². The maximum absolute atomic E-state index is 5.94. The van der Waals surface area contributed by atoms with E-state index in [2.05, 4.69) is 29.7 Å². The summed E-state index contributed by atoms with van der Waals surface area (Å²) >= 11 is 5.94. The van der Waals surface area contributed by atoms with Crippen LogP contribution in [0.1, 0.15) is 24.2 Å². The molecule has 3 rings (SSSR count). The zero-order valence-electron chi connectivity index (χ0n) is 11.9. The zero-order valence-corrected chi connectivity index (χ0v) is 12.7. The highest BCUT2D eigenvalue weighted by Gasteiger charge is 2.19. The van der Waals surface area contributed by atoms with Crippen molar-refractivity contribution in [2.24, 2.45) is 5.92 Å². The standard InChI is InChI=1S/C16H21ClN2O/c1-12-3-2-4-14-16(12)19(15(18-14)5-8-17)11-13-6-9-20-10-7-13/h2-4,13H,5-11H2,1H3. The van der Waals surface area contributed by atoms with Crippen molar-refractivity contribution in [3.63, 3.8) is 0 Å². The second-order valence-corrected chi connectivity index (χ2v) is 5.95. The lowest BCUT2D eigenvalue weighted by molar-refractivity contribution is 0.0613. The number of rotatable bonds is 4. The summed E-state index contributed by atoms with van der Waals surface area (Å²) in [5.74, 6) is 2.43. The number of fused-ring (bicyclic) bond motifs is 1. The summed E-state index contributed by atoms with van der Waals surface area (Å²) in [5.41, 5.74) is 3.67. The maximum atomic E-state index is 5.94. The fraction of sp³-hybridized carbons (Fsp3) is 0.562. The van der Waals surface area contributed by atoms with Crippen LogP contribution in [0.2, 0.25) is 0 Å². The van der Waals surface area contributed by atoms with E-state index < -0.39 is 0 Å². The molecule has 1 aliphatic heterocycles. The van der Waals surface area contributed by atoms with E-state index >= 15 is 0 Å². The quantitative estimate of drug-likeness (QED) is 0.806. The Labute approximate surface area is 124 Å². The number of nitrogens with zero attached hydrogens (tertiary/aromatic N) is 2. The van der Waals surface area contributed by atoms with Crippen molar-refractivity contribution in [2.75, 3.05) is 19.1 Å². The molecule has 0 N–H and O–H groups in total. The average Bonchev–Trinajstić information content (AvgIpc) is 2.80. The van der Waals surface area contributed by atoms with Gasteiger partial charge >= 0.3 is 0 Å². The molecule has 0 atom stereocenters. The van der Waals surface area contributed by atoms with Crippen molar-refractivity contribution in [1.29, 1.82) is 0 Å². The molecule has 20 heavy (non-hydrogen) atoms. The van der Waals surface area contributed by atoms with Crippen molar-refractivity contribution in [1.82, 2.24) is 9.55 Å². The summed E-state index contributed by atoms with van der Waals surface area (Å²) in [7, 11) is 0. The Balaban J connectivity index is 1.98. The SMILES string of the molecule is Cc1cccc2nc(CCCl)n(CC3CCOCC3)c12. The van der Waals surface area contributed by atoms with Crippen molar-refractivity contribution >= 4 is 22.6 Å². The summed E-state index contributed by atoms with van der Waals surface area (Å²) in [5, 5.41) is 0. The first kappa shape index (κ1) is 13.9. The molecule has 0 unspecified atom stereocenters. The fourth-order valence-corrected chi connectivity index (χ4v) is 3.24. The predicted octanol–water partition coefficient (Wildman–Crippen LogP) is 3.55. The molecule has 1 aromatic heterocycles. The summed E-state index contributed by atoms with van der Waals surface area (Å²) in [6, 6.07) is 6.34. The number of imidazole rings is 1. The van der Waals surface area contributed by atoms with Crippen LogP contribution in [0.3, 0.4) is 0 Å². The minimum atomic E-state index is 0.621. The van der Waals surface area contributed by atoms with E-state index in [4.69, 9.17) is 21.3 Å². The normalized spacial score (nSPS) is 16.9. The molecule has 1 aliphatic rings. The predicted molar refractivity (Wildman–Crippen MR) is 82.4 cm³/mol. The first-order valence-corrected chi connectivity index (χ1v) is 7.91. The number of alkyl halides is 1. The number of aromatic nitrogens is 2. The molecule has 0 spiro atoms. The highest BCUT2D eigenvalue weighted by molar-refractivity contribution is 6.17. The third-order valence-corrected chi connectivity index (χ3v) is 4.34. The van der Waals surface area contributed by atoms with Gasteiger partial charge in [-0.3, -0.25) is 0 Å². The second kappa shape index (κ2) is 6.15.